The lowest BCUT2D eigenvalue weighted by atomic mass is 9.93. The van der Waals surface area contributed by atoms with Crippen molar-refractivity contribution in [1.82, 2.24) is 15.1 Å². The number of aromatic amines is 1. The van der Waals surface area contributed by atoms with Gasteiger partial charge in [-0.25, -0.2) is 0 Å². The smallest absolute Gasteiger partial charge is 0.273 e. The van der Waals surface area contributed by atoms with E-state index in [4.69, 9.17) is 14.2 Å². The first-order valence-corrected chi connectivity index (χ1v) is 13.1. The molecule has 1 aromatic heterocycles. The lowest BCUT2D eigenvalue weighted by Crippen LogP contribution is -2.31. The summed E-state index contributed by atoms with van der Waals surface area (Å²) >= 11 is 0. The molecule has 0 bridgehead atoms. The molecule has 1 unspecified atom stereocenters. The number of nitrogens with one attached hydrogen (secondary N) is 1. The van der Waals surface area contributed by atoms with Crippen LogP contribution in [0.15, 0.2) is 67.3 Å². The second-order valence-corrected chi connectivity index (χ2v) is 9.85. The summed E-state index contributed by atoms with van der Waals surface area (Å²) in [6.07, 6.45) is 2.30. The van der Waals surface area contributed by atoms with E-state index in [0.29, 0.717) is 53.8 Å². The molecule has 8 nitrogen and oxygen atoms in total. The van der Waals surface area contributed by atoms with Gasteiger partial charge in [0.05, 0.1) is 20.3 Å². The molecule has 206 valence electrons. The van der Waals surface area contributed by atoms with Gasteiger partial charge in [-0.05, 0) is 72.9 Å². The summed E-state index contributed by atoms with van der Waals surface area (Å²) in [6.45, 7) is 8.43. The van der Waals surface area contributed by atoms with Crippen molar-refractivity contribution in [2.45, 2.75) is 26.3 Å². The van der Waals surface area contributed by atoms with E-state index >= 15 is 0 Å². The Balaban J connectivity index is 1.56. The quantitative estimate of drug-likeness (QED) is 0.249. The molecule has 1 amide bonds. The van der Waals surface area contributed by atoms with Crippen LogP contribution >= 0.6 is 0 Å². The molecule has 2 heterocycles. The van der Waals surface area contributed by atoms with E-state index in [2.05, 4.69) is 16.8 Å². The van der Waals surface area contributed by atoms with Gasteiger partial charge < -0.3 is 24.2 Å². The fourth-order valence-corrected chi connectivity index (χ4v) is 5.40. The van der Waals surface area contributed by atoms with Gasteiger partial charge in [-0.2, -0.15) is 5.10 Å². The van der Waals surface area contributed by atoms with Crippen LogP contribution in [0.5, 0.6) is 23.0 Å². The fraction of sp³-hybridized carbons (Fsp3) is 0.250. The maximum Gasteiger partial charge on any atom is 0.273 e. The molecule has 1 aliphatic heterocycles. The van der Waals surface area contributed by atoms with Crippen molar-refractivity contribution in [3.8, 4) is 34.3 Å². The van der Waals surface area contributed by atoms with Gasteiger partial charge >= 0.3 is 0 Å². The monoisotopic (exact) mass is 539 g/mol. The highest BCUT2D eigenvalue weighted by Crippen LogP contribution is 2.46. The minimum absolute atomic E-state index is 0.134. The normalized spacial score (nSPS) is 14.2. The maximum absolute atomic E-state index is 13.8. The highest BCUT2D eigenvalue weighted by Gasteiger charge is 2.42. The van der Waals surface area contributed by atoms with Crippen LogP contribution in [0.3, 0.4) is 0 Å². The lowest BCUT2D eigenvalue weighted by Gasteiger charge is -2.27. The number of aromatic nitrogens is 2. The summed E-state index contributed by atoms with van der Waals surface area (Å²) in [5.74, 6) is 2.00. The summed E-state index contributed by atoms with van der Waals surface area (Å²) in [7, 11) is 3.21. The van der Waals surface area contributed by atoms with Crippen LogP contribution in [0.25, 0.3) is 11.3 Å². The van der Waals surface area contributed by atoms with Crippen LogP contribution in [0.4, 0.5) is 0 Å². The van der Waals surface area contributed by atoms with E-state index < -0.39 is 6.04 Å². The molecule has 0 aliphatic carbocycles. The van der Waals surface area contributed by atoms with Crippen LogP contribution in [-0.2, 0) is 6.42 Å². The Morgan fingerprint density at radius 1 is 1.05 bits per heavy atom. The number of rotatable bonds is 10. The Bertz CT molecular complexity index is 1530. The minimum Gasteiger partial charge on any atom is -0.507 e. The van der Waals surface area contributed by atoms with Crippen molar-refractivity contribution < 1.29 is 24.1 Å². The van der Waals surface area contributed by atoms with Gasteiger partial charge in [0.1, 0.15) is 29.5 Å². The van der Waals surface area contributed by atoms with Gasteiger partial charge in [-0.1, -0.05) is 36.9 Å². The average molecular weight is 540 g/mol. The van der Waals surface area contributed by atoms with Crippen LogP contribution in [0.1, 0.15) is 44.3 Å². The van der Waals surface area contributed by atoms with Gasteiger partial charge in [0.15, 0.2) is 11.5 Å². The van der Waals surface area contributed by atoms with Crippen LogP contribution < -0.4 is 14.2 Å². The third kappa shape index (κ3) is 4.88. The molecule has 4 aromatic rings. The number of phenols is 1. The summed E-state index contributed by atoms with van der Waals surface area (Å²) in [6, 6.07) is 16.8. The van der Waals surface area contributed by atoms with Crippen LogP contribution in [0.2, 0.25) is 0 Å². The zero-order valence-corrected chi connectivity index (χ0v) is 23.2. The molecule has 0 saturated carbocycles. The predicted molar refractivity (Wildman–Crippen MR) is 153 cm³/mol. The number of carbonyl (C=O) groups is 1. The molecule has 5 rings (SSSR count). The fourth-order valence-electron chi connectivity index (χ4n) is 5.40. The van der Waals surface area contributed by atoms with E-state index in [-0.39, 0.29) is 11.7 Å². The predicted octanol–water partition coefficient (Wildman–Crippen LogP) is 5.77. The number of aryl methyl sites for hydroxylation is 2. The molecular formula is C32H33N3O5. The minimum atomic E-state index is -0.412. The first kappa shape index (κ1) is 26.9. The Hall–Kier alpha value is -4.72. The first-order chi connectivity index (χ1) is 19.4. The SMILES string of the molecule is C=CCOc1ccc(C2c3c(-c4c(C)cc(C)cc4O)n[nH]c3C(=O)N2CCc2ccc(OC)c(OC)c2)cc1. The number of H-pyrrole nitrogens is 1. The Labute approximate surface area is 233 Å². The number of fused-ring (bicyclic) bond motifs is 1. The third-order valence-electron chi connectivity index (χ3n) is 7.21. The molecule has 0 spiro atoms. The van der Waals surface area contributed by atoms with Crippen molar-refractivity contribution in [3.63, 3.8) is 0 Å². The van der Waals surface area contributed by atoms with Crippen molar-refractivity contribution >= 4 is 5.91 Å². The molecule has 0 radical (unpaired) electrons. The number of amides is 1. The number of methoxy groups -OCH3 is 2. The topological polar surface area (TPSA) is 96.9 Å². The van der Waals surface area contributed by atoms with Crippen LogP contribution in [0, 0.1) is 13.8 Å². The molecular weight excluding hydrogens is 506 g/mol. The number of aromatic hydroxyl groups is 1. The Morgan fingerprint density at radius 2 is 1.80 bits per heavy atom. The molecule has 40 heavy (non-hydrogen) atoms. The molecule has 1 aliphatic rings. The molecule has 0 saturated heterocycles. The van der Waals surface area contributed by atoms with E-state index in [1.165, 1.54) is 0 Å². The molecule has 0 fully saturated rings. The Morgan fingerprint density at radius 3 is 2.48 bits per heavy atom. The van der Waals surface area contributed by atoms with Crippen molar-refractivity contribution in [2.75, 3.05) is 27.4 Å². The number of hydrogen-bond donors (Lipinski definition) is 2. The number of benzene rings is 3. The maximum atomic E-state index is 13.8. The van der Waals surface area contributed by atoms with Crippen LogP contribution in [-0.4, -0.2) is 53.5 Å². The Kier molecular flexibility index (Phi) is 7.51. The van der Waals surface area contributed by atoms with E-state index in [9.17, 15) is 9.90 Å². The first-order valence-electron chi connectivity index (χ1n) is 13.1. The summed E-state index contributed by atoms with van der Waals surface area (Å²) < 4.78 is 16.5. The number of carbonyl (C=O) groups excluding carboxylic acids is 1. The lowest BCUT2D eigenvalue weighted by molar-refractivity contribution is 0.0746. The van der Waals surface area contributed by atoms with E-state index in [1.54, 1.807) is 26.4 Å². The highest BCUT2D eigenvalue weighted by atomic mass is 16.5. The summed E-state index contributed by atoms with van der Waals surface area (Å²) in [4.78, 5) is 15.7. The number of ether oxygens (including phenoxy) is 3. The zero-order valence-electron chi connectivity index (χ0n) is 23.2. The van der Waals surface area contributed by atoms with Crippen molar-refractivity contribution in [3.05, 3.63) is 101 Å². The van der Waals surface area contributed by atoms with Gasteiger partial charge in [0.2, 0.25) is 0 Å². The highest BCUT2D eigenvalue weighted by molar-refractivity contribution is 6.00. The van der Waals surface area contributed by atoms with E-state index in [0.717, 1.165) is 27.8 Å². The van der Waals surface area contributed by atoms with Crippen molar-refractivity contribution in [2.24, 2.45) is 0 Å². The number of nitrogens with zero attached hydrogens (tertiary/aromatic N) is 2. The molecule has 3 aromatic carbocycles. The standard InChI is InChI=1S/C32H33N3O5/c1-6-15-40-23-10-8-22(9-11-23)31-28-29(27-20(3)16-19(2)17-24(27)36)33-34-30(28)32(37)35(31)14-13-21-7-12-25(38-4)26(18-21)39-5/h6-12,16-18,31,36H,1,13-15H2,2-5H3,(H,33,34). The van der Waals surface area contributed by atoms with Crippen molar-refractivity contribution in [1.29, 1.82) is 0 Å². The number of hydrogen-bond acceptors (Lipinski definition) is 6. The average Bonchev–Trinajstić information content (AvgIpc) is 3.48. The molecule has 1 atom stereocenters. The zero-order chi connectivity index (χ0) is 28.4. The summed E-state index contributed by atoms with van der Waals surface area (Å²) in [5, 5.41) is 18.4. The molecule has 8 heteroatoms. The second kappa shape index (κ2) is 11.2. The third-order valence-corrected chi connectivity index (χ3v) is 7.21. The van der Waals surface area contributed by atoms with Gasteiger partial charge in [-0.3, -0.25) is 9.89 Å². The number of phenolic OH excluding ortho intramolecular Hbond substituents is 1. The van der Waals surface area contributed by atoms with Gasteiger partial charge in [0.25, 0.3) is 5.91 Å². The summed E-state index contributed by atoms with van der Waals surface area (Å²) in [5.41, 5.74) is 6.13. The largest absolute Gasteiger partial charge is 0.507 e. The second-order valence-electron chi connectivity index (χ2n) is 9.85. The van der Waals surface area contributed by atoms with Gasteiger partial charge in [0, 0.05) is 17.7 Å². The van der Waals surface area contributed by atoms with E-state index in [1.807, 2.05) is 67.3 Å². The van der Waals surface area contributed by atoms with Gasteiger partial charge in [-0.15, -0.1) is 0 Å². The molecule has 2 N–H and O–H groups in total.